The van der Waals surface area contributed by atoms with Gasteiger partial charge in [-0.25, -0.2) is 9.18 Å². The number of amides is 2. The molecule has 1 aliphatic rings. The summed E-state index contributed by atoms with van der Waals surface area (Å²) in [6.07, 6.45) is -5.55. The number of urea groups is 1. The number of aliphatic carboxylic acids is 1. The van der Waals surface area contributed by atoms with Gasteiger partial charge >= 0.3 is 18.4 Å². The van der Waals surface area contributed by atoms with Gasteiger partial charge in [0.25, 0.3) is 0 Å². The number of ether oxygens (including phenoxy) is 1. The highest BCUT2D eigenvalue weighted by molar-refractivity contribution is 8.02. The van der Waals surface area contributed by atoms with Crippen LogP contribution in [-0.2, 0) is 17.6 Å². The lowest BCUT2D eigenvalue weighted by molar-refractivity contribution is -0.274. The molecule has 0 aromatic heterocycles. The molecule has 2 aromatic rings. The summed E-state index contributed by atoms with van der Waals surface area (Å²) in [5, 5.41) is 11.5. The summed E-state index contributed by atoms with van der Waals surface area (Å²) in [6.45, 7) is 5.17. The van der Waals surface area contributed by atoms with Gasteiger partial charge in [-0.15, -0.1) is 24.9 Å². The lowest BCUT2D eigenvalue weighted by Gasteiger charge is -2.33. The van der Waals surface area contributed by atoms with Crippen LogP contribution in [0.1, 0.15) is 31.9 Å². The number of carboxylic acid groups (broad SMARTS) is 1. The van der Waals surface area contributed by atoms with E-state index in [1.54, 1.807) is 32.9 Å². The average Bonchev–Trinajstić information content (AvgIpc) is 2.75. The van der Waals surface area contributed by atoms with E-state index >= 15 is 0 Å². The third-order valence-corrected chi connectivity index (χ3v) is 7.13. The highest BCUT2D eigenvalue weighted by Gasteiger charge is 2.38. The Morgan fingerprint density at radius 1 is 1.11 bits per heavy atom. The average molecular weight is 515 g/mol. The van der Waals surface area contributed by atoms with Crippen molar-refractivity contribution in [2.24, 2.45) is 0 Å². The first-order valence-electron chi connectivity index (χ1n) is 10.9. The van der Waals surface area contributed by atoms with Crippen molar-refractivity contribution >= 4 is 35.1 Å². The molecule has 0 bridgehead atoms. The van der Waals surface area contributed by atoms with E-state index in [4.69, 9.17) is 0 Å². The number of nitrogens with zero attached hydrogens (tertiary/aromatic N) is 1. The number of thioether (sulfide) groups is 1. The van der Waals surface area contributed by atoms with Crippen molar-refractivity contribution in [3.63, 3.8) is 0 Å². The molecule has 6 nitrogen and oxygen atoms in total. The van der Waals surface area contributed by atoms with E-state index in [-0.39, 0.29) is 12.1 Å². The smallest absolute Gasteiger partial charge is 0.480 e. The largest absolute Gasteiger partial charge is 0.573 e. The van der Waals surface area contributed by atoms with Gasteiger partial charge in [0, 0.05) is 29.6 Å². The van der Waals surface area contributed by atoms with Gasteiger partial charge < -0.3 is 15.2 Å². The van der Waals surface area contributed by atoms with Crippen molar-refractivity contribution in [1.82, 2.24) is 0 Å². The van der Waals surface area contributed by atoms with Crippen molar-refractivity contribution in [1.29, 1.82) is 0 Å². The summed E-state index contributed by atoms with van der Waals surface area (Å²) in [7, 11) is 0. The normalized spacial score (nSPS) is 17.9. The summed E-state index contributed by atoms with van der Waals surface area (Å²) in [5.41, 5.74) is 2.48. The Hall–Kier alpha value is -2.95. The number of fused-ring (bicyclic) bond motifs is 1. The maximum Gasteiger partial charge on any atom is 0.573 e. The molecule has 2 unspecified atom stereocenters. The number of nitrogens with one attached hydrogen (secondary N) is 1. The number of rotatable bonds is 7. The minimum absolute atomic E-state index is 0.108. The van der Waals surface area contributed by atoms with Crippen LogP contribution in [0.2, 0.25) is 0 Å². The number of alkyl halides is 4. The van der Waals surface area contributed by atoms with Crippen LogP contribution >= 0.6 is 11.8 Å². The van der Waals surface area contributed by atoms with E-state index in [2.05, 4.69) is 10.1 Å². The highest BCUT2D eigenvalue weighted by atomic mass is 32.2. The first-order chi connectivity index (χ1) is 16.3. The predicted molar refractivity (Wildman–Crippen MR) is 127 cm³/mol. The number of carbonyl (C=O) groups is 2. The molecule has 0 radical (unpaired) electrons. The molecule has 0 saturated heterocycles. The first-order valence-corrected chi connectivity index (χ1v) is 11.8. The van der Waals surface area contributed by atoms with E-state index < -0.39 is 40.3 Å². The first kappa shape index (κ1) is 26.7. The molecule has 3 rings (SSSR count). The third kappa shape index (κ3) is 6.81. The van der Waals surface area contributed by atoms with Crippen LogP contribution in [0.4, 0.5) is 33.7 Å². The van der Waals surface area contributed by atoms with Gasteiger partial charge in [0.05, 0.1) is 0 Å². The summed E-state index contributed by atoms with van der Waals surface area (Å²) >= 11 is 1.11. The second-order valence-corrected chi connectivity index (χ2v) is 10.5. The van der Waals surface area contributed by atoms with Gasteiger partial charge in [-0.3, -0.25) is 9.69 Å². The summed E-state index contributed by atoms with van der Waals surface area (Å²) in [6, 6.07) is 9.59. The van der Waals surface area contributed by atoms with Crippen molar-refractivity contribution in [2.75, 3.05) is 16.8 Å². The molecule has 1 aliphatic carbocycles. The van der Waals surface area contributed by atoms with Crippen LogP contribution in [0.3, 0.4) is 0 Å². The van der Waals surface area contributed by atoms with E-state index in [1.165, 1.54) is 17.0 Å². The van der Waals surface area contributed by atoms with Crippen LogP contribution < -0.4 is 15.0 Å². The minimum Gasteiger partial charge on any atom is -0.480 e. The van der Waals surface area contributed by atoms with Crippen LogP contribution in [0, 0.1) is 0 Å². The molecule has 35 heavy (non-hydrogen) atoms. The van der Waals surface area contributed by atoms with Crippen molar-refractivity contribution in [3.8, 4) is 5.75 Å². The molecule has 0 heterocycles. The van der Waals surface area contributed by atoms with Gasteiger partial charge in [0.15, 0.2) is 0 Å². The Balaban J connectivity index is 1.71. The van der Waals surface area contributed by atoms with Crippen molar-refractivity contribution < 1.29 is 37.0 Å². The molecule has 2 atom stereocenters. The van der Waals surface area contributed by atoms with Gasteiger partial charge in [-0.05, 0) is 74.7 Å². The molecule has 190 valence electrons. The molecule has 2 aromatic carbocycles. The van der Waals surface area contributed by atoms with E-state index in [1.807, 2.05) is 6.07 Å². The maximum atomic E-state index is 14.9. The predicted octanol–water partition coefficient (Wildman–Crippen LogP) is 6.05. The van der Waals surface area contributed by atoms with E-state index in [0.717, 1.165) is 35.0 Å². The van der Waals surface area contributed by atoms with Crippen LogP contribution in [0.25, 0.3) is 0 Å². The van der Waals surface area contributed by atoms with Gasteiger partial charge in [-0.2, -0.15) is 0 Å². The topological polar surface area (TPSA) is 78.9 Å². The number of carboxylic acids is 1. The lowest BCUT2D eigenvalue weighted by atomic mass is 9.89. The number of carbonyl (C=O) groups excluding carboxylic acids is 1. The summed E-state index contributed by atoms with van der Waals surface area (Å²) in [5.74, 6) is -1.40. The monoisotopic (exact) mass is 514 g/mol. The number of halogens is 4. The molecule has 0 aliphatic heterocycles. The molecule has 11 heteroatoms. The Morgan fingerprint density at radius 3 is 2.34 bits per heavy atom. The number of hydrogen-bond donors (Lipinski definition) is 2. The van der Waals surface area contributed by atoms with Gasteiger partial charge in [0.2, 0.25) is 0 Å². The van der Waals surface area contributed by atoms with Gasteiger partial charge in [-0.1, -0.05) is 6.07 Å². The third-order valence-electron chi connectivity index (χ3n) is 5.60. The number of hydrogen-bond acceptors (Lipinski definition) is 4. The zero-order valence-corrected chi connectivity index (χ0v) is 20.2. The van der Waals surface area contributed by atoms with Crippen LogP contribution in [0.5, 0.6) is 5.75 Å². The van der Waals surface area contributed by atoms with E-state index in [0.29, 0.717) is 18.7 Å². The highest BCUT2D eigenvalue weighted by Crippen LogP contribution is 2.39. The summed E-state index contributed by atoms with van der Waals surface area (Å²) < 4.78 is 54.6. The second kappa shape index (κ2) is 10.3. The molecule has 0 saturated carbocycles. The second-order valence-electron chi connectivity index (χ2n) is 8.60. The Labute approximate surface area is 204 Å². The molecule has 2 N–H and O–H groups in total. The molecular weight excluding hydrogens is 488 g/mol. The molecule has 2 amide bonds. The fourth-order valence-corrected chi connectivity index (χ4v) is 5.14. The van der Waals surface area contributed by atoms with Crippen LogP contribution in [-0.4, -0.2) is 46.2 Å². The maximum absolute atomic E-state index is 14.9. The molecule has 0 spiro atoms. The quantitative estimate of drug-likeness (QED) is 0.440. The van der Waals surface area contributed by atoms with E-state index in [9.17, 15) is 32.3 Å². The SMILES string of the molecule is CCN(C(=O)Nc1ccc(OC(F)(F)F)cc1)c1ccc2c(c1)CC(F)C(SC(C)(C)C(=O)O)C2. The fraction of sp³-hybridized carbons (Fsp3) is 0.417. The Morgan fingerprint density at radius 2 is 1.77 bits per heavy atom. The molecule has 0 fully saturated rings. The Bertz CT molecular complexity index is 1080. The number of anilines is 2. The van der Waals surface area contributed by atoms with Crippen LogP contribution in [0.15, 0.2) is 42.5 Å². The minimum atomic E-state index is -4.81. The number of benzene rings is 2. The zero-order valence-electron chi connectivity index (χ0n) is 19.4. The fourth-order valence-electron chi connectivity index (χ4n) is 3.77. The standard InChI is InChI=1S/C24H26F4N2O4S/c1-4-30(22(33)29-16-6-9-18(10-7-16)34-24(26,27)28)17-8-5-14-13-20(19(25)12-15(14)11-17)35-23(2,3)21(31)32/h5-11,19-20H,4,12-13H2,1-3H3,(H,29,33)(H,31,32). The molecular formula is C24H26F4N2O4S. The lowest BCUT2D eigenvalue weighted by Crippen LogP contribution is -2.37. The van der Waals surface area contributed by atoms with Gasteiger partial charge in [0.1, 0.15) is 16.7 Å². The van der Waals surface area contributed by atoms with Crippen molar-refractivity contribution in [3.05, 3.63) is 53.6 Å². The van der Waals surface area contributed by atoms with Crippen molar-refractivity contribution in [2.45, 2.75) is 56.1 Å². The summed E-state index contributed by atoms with van der Waals surface area (Å²) in [4.78, 5) is 25.7. The zero-order chi connectivity index (χ0) is 26.0. The Kier molecular flexibility index (Phi) is 7.88.